The molecule has 2 aromatic heterocycles. The summed E-state index contributed by atoms with van der Waals surface area (Å²) in [5, 5.41) is 13.0. The molecule has 1 aliphatic rings. The monoisotopic (exact) mass is 283 g/mol. The van der Waals surface area contributed by atoms with Gasteiger partial charge < -0.3 is 21.9 Å². The van der Waals surface area contributed by atoms with Gasteiger partial charge in [0.25, 0.3) is 0 Å². The van der Waals surface area contributed by atoms with E-state index in [-0.39, 0.29) is 17.7 Å². The highest BCUT2D eigenvalue weighted by atomic mass is 16.3. The van der Waals surface area contributed by atoms with Crippen LogP contribution in [0.4, 0.5) is 5.95 Å². The number of nitrogens with two attached hydrogens (primary N) is 2. The first kappa shape index (κ1) is 12.9. The van der Waals surface area contributed by atoms with E-state index in [0.717, 1.165) is 0 Å². The zero-order valence-corrected chi connectivity index (χ0v) is 10.9. The van der Waals surface area contributed by atoms with Crippen molar-refractivity contribution in [2.24, 2.45) is 10.7 Å². The number of anilines is 1. The highest BCUT2D eigenvalue weighted by molar-refractivity contribution is 5.80. The van der Waals surface area contributed by atoms with E-state index >= 15 is 0 Å². The van der Waals surface area contributed by atoms with Crippen LogP contribution in [0.25, 0.3) is 11.4 Å². The van der Waals surface area contributed by atoms with E-state index in [1.54, 1.807) is 24.4 Å². The SMILES string of the molecule is NC1=NC=CC(c2ccc(O)c(-c3ccnc(N)n3)n2)N1. The molecule has 2 aromatic rings. The number of nitrogens with one attached hydrogen (secondary N) is 1. The Morgan fingerprint density at radius 2 is 2.00 bits per heavy atom. The van der Waals surface area contributed by atoms with Gasteiger partial charge in [0.05, 0.1) is 17.4 Å². The average molecular weight is 283 g/mol. The van der Waals surface area contributed by atoms with E-state index in [4.69, 9.17) is 11.5 Å². The van der Waals surface area contributed by atoms with Gasteiger partial charge in [-0.3, -0.25) is 0 Å². The molecular weight excluding hydrogens is 270 g/mol. The normalized spacial score (nSPS) is 17.1. The molecule has 3 rings (SSSR count). The van der Waals surface area contributed by atoms with Crippen LogP contribution in [0.1, 0.15) is 11.7 Å². The van der Waals surface area contributed by atoms with E-state index in [9.17, 15) is 5.11 Å². The number of aliphatic imine (C=N–C) groups is 1. The summed E-state index contributed by atoms with van der Waals surface area (Å²) in [7, 11) is 0. The summed E-state index contributed by atoms with van der Waals surface area (Å²) in [6.07, 6.45) is 4.93. The number of guanidine groups is 1. The standard InChI is InChI=1S/C13H13N7O/c14-12-16-5-3-8(19-12)7-1-2-10(21)11(18-7)9-4-6-17-13(15)20-9/h1-6,8,21H,(H3,14,16,19)(H2,15,17,20). The summed E-state index contributed by atoms with van der Waals surface area (Å²) >= 11 is 0. The van der Waals surface area contributed by atoms with Gasteiger partial charge in [-0.2, -0.15) is 0 Å². The van der Waals surface area contributed by atoms with Crippen molar-refractivity contribution >= 4 is 11.9 Å². The summed E-state index contributed by atoms with van der Waals surface area (Å²) in [6, 6.07) is 4.65. The van der Waals surface area contributed by atoms with E-state index in [1.807, 2.05) is 6.08 Å². The molecule has 0 radical (unpaired) electrons. The zero-order chi connectivity index (χ0) is 14.8. The minimum atomic E-state index is -0.221. The molecular formula is C13H13N7O. The van der Waals surface area contributed by atoms with Crippen molar-refractivity contribution in [1.82, 2.24) is 20.3 Å². The van der Waals surface area contributed by atoms with Crippen molar-refractivity contribution in [3.05, 3.63) is 42.4 Å². The number of aromatic nitrogens is 3. The van der Waals surface area contributed by atoms with Crippen LogP contribution in [0.5, 0.6) is 5.75 Å². The maximum atomic E-state index is 9.98. The number of hydrogen-bond donors (Lipinski definition) is 4. The Bertz CT molecular complexity index is 741. The predicted molar refractivity (Wildman–Crippen MR) is 78.0 cm³/mol. The molecule has 6 N–H and O–H groups in total. The van der Waals surface area contributed by atoms with Crippen LogP contribution in [0, 0.1) is 0 Å². The first-order chi connectivity index (χ1) is 10.1. The van der Waals surface area contributed by atoms with Gasteiger partial charge >= 0.3 is 0 Å². The van der Waals surface area contributed by atoms with Crippen molar-refractivity contribution in [3.8, 4) is 17.1 Å². The minimum Gasteiger partial charge on any atom is -0.506 e. The Labute approximate surface area is 120 Å². The van der Waals surface area contributed by atoms with Gasteiger partial charge in [0.15, 0.2) is 5.96 Å². The molecule has 21 heavy (non-hydrogen) atoms. The first-order valence-electron chi connectivity index (χ1n) is 6.19. The van der Waals surface area contributed by atoms with Crippen LogP contribution in [0.15, 0.2) is 41.7 Å². The van der Waals surface area contributed by atoms with Crippen LogP contribution < -0.4 is 16.8 Å². The molecule has 1 atom stereocenters. The molecule has 0 aliphatic carbocycles. The Kier molecular flexibility index (Phi) is 3.11. The Morgan fingerprint density at radius 1 is 1.14 bits per heavy atom. The van der Waals surface area contributed by atoms with Gasteiger partial charge in [0, 0.05) is 12.4 Å². The maximum Gasteiger partial charge on any atom is 0.220 e. The fourth-order valence-corrected chi connectivity index (χ4v) is 1.96. The van der Waals surface area contributed by atoms with Crippen LogP contribution >= 0.6 is 0 Å². The van der Waals surface area contributed by atoms with Gasteiger partial charge in [-0.25, -0.2) is 19.9 Å². The Morgan fingerprint density at radius 3 is 2.76 bits per heavy atom. The van der Waals surface area contributed by atoms with Crippen molar-refractivity contribution in [1.29, 1.82) is 0 Å². The van der Waals surface area contributed by atoms with E-state index < -0.39 is 0 Å². The molecule has 0 saturated heterocycles. The largest absolute Gasteiger partial charge is 0.506 e. The van der Waals surface area contributed by atoms with E-state index in [2.05, 4.69) is 25.3 Å². The summed E-state index contributed by atoms with van der Waals surface area (Å²) in [4.78, 5) is 16.2. The molecule has 1 unspecified atom stereocenters. The van der Waals surface area contributed by atoms with Crippen LogP contribution in [-0.4, -0.2) is 26.0 Å². The number of pyridine rings is 1. The third kappa shape index (κ3) is 2.59. The number of nitrogen functional groups attached to an aromatic ring is 1. The summed E-state index contributed by atoms with van der Waals surface area (Å²) < 4.78 is 0. The molecule has 8 heteroatoms. The molecule has 106 valence electrons. The maximum absolute atomic E-state index is 9.98. The second-order valence-corrected chi connectivity index (χ2v) is 4.38. The minimum absolute atomic E-state index is 0.0123. The lowest BCUT2D eigenvalue weighted by atomic mass is 10.1. The van der Waals surface area contributed by atoms with Gasteiger partial charge in [0.2, 0.25) is 5.95 Å². The molecule has 0 aromatic carbocycles. The van der Waals surface area contributed by atoms with Crippen molar-refractivity contribution in [3.63, 3.8) is 0 Å². The number of nitrogens with zero attached hydrogens (tertiary/aromatic N) is 4. The summed E-state index contributed by atoms with van der Waals surface area (Å²) in [5.74, 6) is 0.439. The van der Waals surface area contributed by atoms with Crippen molar-refractivity contribution in [2.45, 2.75) is 6.04 Å². The predicted octanol–water partition coefficient (Wildman–Crippen LogP) is 0.299. The van der Waals surface area contributed by atoms with Crippen molar-refractivity contribution < 1.29 is 5.11 Å². The lowest BCUT2D eigenvalue weighted by Crippen LogP contribution is -2.36. The molecule has 0 bridgehead atoms. The lowest BCUT2D eigenvalue weighted by molar-refractivity contribution is 0.474. The molecule has 1 aliphatic heterocycles. The topological polar surface area (TPSA) is 135 Å². The van der Waals surface area contributed by atoms with Gasteiger partial charge in [-0.1, -0.05) is 0 Å². The van der Waals surface area contributed by atoms with Crippen LogP contribution in [0.2, 0.25) is 0 Å². The molecule has 0 spiro atoms. The number of aromatic hydroxyl groups is 1. The number of hydrogen-bond acceptors (Lipinski definition) is 8. The summed E-state index contributed by atoms with van der Waals surface area (Å²) in [6.45, 7) is 0. The molecule has 0 fully saturated rings. The highest BCUT2D eigenvalue weighted by Crippen LogP contribution is 2.28. The lowest BCUT2D eigenvalue weighted by Gasteiger charge is -2.18. The fourth-order valence-electron chi connectivity index (χ4n) is 1.96. The van der Waals surface area contributed by atoms with Crippen LogP contribution in [0.3, 0.4) is 0 Å². The third-order valence-electron chi connectivity index (χ3n) is 2.93. The first-order valence-corrected chi connectivity index (χ1v) is 6.19. The van der Waals surface area contributed by atoms with Crippen LogP contribution in [-0.2, 0) is 0 Å². The van der Waals surface area contributed by atoms with Gasteiger partial charge in [-0.15, -0.1) is 0 Å². The summed E-state index contributed by atoms with van der Waals surface area (Å²) in [5.41, 5.74) is 12.6. The Balaban J connectivity index is 2.01. The van der Waals surface area contributed by atoms with Gasteiger partial charge in [0.1, 0.15) is 11.4 Å². The second kappa shape index (κ2) is 5.08. The molecule has 3 heterocycles. The molecule has 0 saturated carbocycles. The highest BCUT2D eigenvalue weighted by Gasteiger charge is 2.16. The smallest absolute Gasteiger partial charge is 0.220 e. The molecule has 0 amide bonds. The second-order valence-electron chi connectivity index (χ2n) is 4.38. The molecule has 8 nitrogen and oxygen atoms in total. The Hall–Kier alpha value is -3.16. The zero-order valence-electron chi connectivity index (χ0n) is 10.9. The fraction of sp³-hybridized carbons (Fsp3) is 0.0769. The average Bonchev–Trinajstić information content (AvgIpc) is 2.47. The third-order valence-corrected chi connectivity index (χ3v) is 2.93. The van der Waals surface area contributed by atoms with Gasteiger partial charge in [-0.05, 0) is 24.3 Å². The van der Waals surface area contributed by atoms with E-state index in [0.29, 0.717) is 23.0 Å². The van der Waals surface area contributed by atoms with E-state index in [1.165, 1.54) is 6.20 Å². The quantitative estimate of drug-likeness (QED) is 0.622. The van der Waals surface area contributed by atoms with Crippen molar-refractivity contribution in [2.75, 3.05) is 5.73 Å². The number of rotatable bonds is 2.